The molecule has 4 unspecified atom stereocenters. The second-order valence-corrected chi connectivity index (χ2v) is 7.60. The van der Waals surface area contributed by atoms with Crippen molar-refractivity contribution in [2.45, 2.75) is 58.2 Å². The van der Waals surface area contributed by atoms with E-state index in [0.717, 1.165) is 12.8 Å². The number of hydrogen-bond donors (Lipinski definition) is 1. The van der Waals surface area contributed by atoms with E-state index in [9.17, 15) is 9.59 Å². The highest BCUT2D eigenvalue weighted by atomic mass is 16.7. The van der Waals surface area contributed by atoms with Gasteiger partial charge in [-0.15, -0.1) is 0 Å². The summed E-state index contributed by atoms with van der Waals surface area (Å²) in [6, 6.07) is 0. The second-order valence-electron chi connectivity index (χ2n) is 7.60. The Labute approximate surface area is 149 Å². The summed E-state index contributed by atoms with van der Waals surface area (Å²) in [5.41, 5.74) is 0.555. The second kappa shape index (κ2) is 8.11. The predicted molar refractivity (Wildman–Crippen MR) is 91.4 cm³/mol. The molecule has 140 valence electrons. The van der Waals surface area contributed by atoms with Gasteiger partial charge in [-0.05, 0) is 37.5 Å². The van der Waals surface area contributed by atoms with E-state index in [1.54, 1.807) is 0 Å². The molecule has 3 rings (SSSR count). The first-order valence-corrected chi connectivity index (χ1v) is 9.48. The third kappa shape index (κ3) is 4.10. The van der Waals surface area contributed by atoms with Gasteiger partial charge in [0.05, 0.1) is 18.9 Å². The Hall–Kier alpha value is -1.72. The van der Waals surface area contributed by atoms with E-state index in [4.69, 9.17) is 14.2 Å². The monoisotopic (exact) mass is 351 g/mol. The molecular weight excluding hydrogens is 322 g/mol. The SMILES string of the molecule is COC(=O)C1=COC(OC(=O)NCC2CCCCC2)C2C(C)CCC12. The average Bonchev–Trinajstić information content (AvgIpc) is 3.03. The summed E-state index contributed by atoms with van der Waals surface area (Å²) in [7, 11) is 1.37. The van der Waals surface area contributed by atoms with Gasteiger partial charge in [-0.25, -0.2) is 9.59 Å². The van der Waals surface area contributed by atoms with Crippen molar-refractivity contribution in [3.8, 4) is 0 Å². The lowest BCUT2D eigenvalue weighted by molar-refractivity contribution is -0.145. The van der Waals surface area contributed by atoms with Gasteiger partial charge >= 0.3 is 12.1 Å². The van der Waals surface area contributed by atoms with Crippen molar-refractivity contribution in [3.63, 3.8) is 0 Å². The lowest BCUT2D eigenvalue weighted by atomic mass is 9.83. The number of ether oxygens (including phenoxy) is 3. The van der Waals surface area contributed by atoms with E-state index in [1.165, 1.54) is 45.5 Å². The number of alkyl carbamates (subject to hydrolysis) is 1. The summed E-state index contributed by atoms with van der Waals surface area (Å²) < 4.78 is 16.0. The number of carbonyl (C=O) groups excluding carboxylic acids is 2. The van der Waals surface area contributed by atoms with Crippen molar-refractivity contribution in [3.05, 3.63) is 11.8 Å². The maximum atomic E-state index is 12.2. The summed E-state index contributed by atoms with van der Waals surface area (Å²) in [5, 5.41) is 2.89. The van der Waals surface area contributed by atoms with Crippen molar-refractivity contribution in [2.75, 3.05) is 13.7 Å². The molecule has 6 heteroatoms. The van der Waals surface area contributed by atoms with Crippen molar-refractivity contribution in [1.29, 1.82) is 0 Å². The molecular formula is C19H29NO5. The summed E-state index contributed by atoms with van der Waals surface area (Å²) in [6.45, 7) is 2.78. The van der Waals surface area contributed by atoms with Gasteiger partial charge in [0.2, 0.25) is 6.29 Å². The van der Waals surface area contributed by atoms with Gasteiger partial charge in [0.1, 0.15) is 0 Å². The molecule has 0 spiro atoms. The molecule has 2 fully saturated rings. The standard InChI is InChI=1S/C19H29NO5/c1-12-8-9-14-15(17(21)23-2)11-24-18(16(12)14)25-19(22)20-10-13-6-4-3-5-7-13/h11-14,16,18H,3-10H2,1-2H3,(H,20,22). The predicted octanol–water partition coefficient (Wildman–Crippen LogP) is 3.37. The van der Waals surface area contributed by atoms with E-state index in [0.29, 0.717) is 24.0 Å². The van der Waals surface area contributed by atoms with E-state index in [-0.39, 0.29) is 17.8 Å². The molecule has 3 aliphatic rings. The topological polar surface area (TPSA) is 73.9 Å². The van der Waals surface area contributed by atoms with E-state index in [2.05, 4.69) is 12.2 Å². The van der Waals surface area contributed by atoms with Crippen molar-refractivity contribution >= 4 is 12.1 Å². The fourth-order valence-corrected chi connectivity index (χ4v) is 4.55. The average molecular weight is 351 g/mol. The lowest BCUT2D eigenvalue weighted by Crippen LogP contribution is -2.42. The fourth-order valence-electron chi connectivity index (χ4n) is 4.55. The van der Waals surface area contributed by atoms with Crippen LogP contribution < -0.4 is 5.32 Å². The van der Waals surface area contributed by atoms with Gasteiger partial charge in [-0.1, -0.05) is 26.2 Å². The third-order valence-electron chi connectivity index (χ3n) is 6.00. The van der Waals surface area contributed by atoms with Crippen LogP contribution in [-0.4, -0.2) is 32.0 Å². The van der Waals surface area contributed by atoms with Crippen LogP contribution >= 0.6 is 0 Å². The number of amides is 1. The summed E-state index contributed by atoms with van der Waals surface area (Å²) in [5.74, 6) is 0.559. The molecule has 1 amide bonds. The van der Waals surface area contributed by atoms with E-state index >= 15 is 0 Å². The minimum absolute atomic E-state index is 0.000435. The maximum Gasteiger partial charge on any atom is 0.410 e. The molecule has 1 N–H and O–H groups in total. The lowest BCUT2D eigenvalue weighted by Gasteiger charge is -2.34. The molecule has 1 aliphatic heterocycles. The number of rotatable bonds is 4. The van der Waals surface area contributed by atoms with Crippen LogP contribution in [0.1, 0.15) is 51.9 Å². The van der Waals surface area contributed by atoms with Gasteiger partial charge in [-0.3, -0.25) is 0 Å². The minimum atomic E-state index is -0.637. The Morgan fingerprint density at radius 3 is 2.68 bits per heavy atom. The van der Waals surface area contributed by atoms with Crippen molar-refractivity contribution in [2.24, 2.45) is 23.7 Å². The van der Waals surface area contributed by atoms with Crippen LogP contribution in [-0.2, 0) is 19.0 Å². The highest BCUT2D eigenvalue weighted by Crippen LogP contribution is 2.46. The van der Waals surface area contributed by atoms with Crippen molar-refractivity contribution in [1.82, 2.24) is 5.32 Å². The Morgan fingerprint density at radius 1 is 1.20 bits per heavy atom. The van der Waals surface area contributed by atoms with Gasteiger partial charge in [0, 0.05) is 18.4 Å². The molecule has 1 heterocycles. The van der Waals surface area contributed by atoms with Gasteiger partial charge < -0.3 is 19.5 Å². The first kappa shape index (κ1) is 18.1. The molecule has 0 aromatic rings. The Balaban J connectivity index is 1.57. The first-order valence-electron chi connectivity index (χ1n) is 9.48. The number of hydrogen-bond acceptors (Lipinski definition) is 5. The van der Waals surface area contributed by atoms with Crippen LogP contribution in [0.2, 0.25) is 0 Å². The number of esters is 1. The molecule has 0 aromatic heterocycles. The van der Waals surface area contributed by atoms with E-state index < -0.39 is 12.4 Å². The Kier molecular flexibility index (Phi) is 5.86. The molecule has 0 radical (unpaired) electrons. The Morgan fingerprint density at radius 2 is 1.96 bits per heavy atom. The maximum absolute atomic E-state index is 12.2. The van der Waals surface area contributed by atoms with Crippen LogP contribution in [0, 0.1) is 23.7 Å². The molecule has 25 heavy (non-hydrogen) atoms. The summed E-state index contributed by atoms with van der Waals surface area (Å²) in [4.78, 5) is 24.1. The first-order chi connectivity index (χ1) is 12.1. The van der Waals surface area contributed by atoms with Gasteiger partial charge in [0.25, 0.3) is 0 Å². The van der Waals surface area contributed by atoms with Crippen LogP contribution in [0.4, 0.5) is 4.79 Å². The molecule has 0 aromatic carbocycles. The van der Waals surface area contributed by atoms with Crippen LogP contribution in [0.15, 0.2) is 11.8 Å². The summed E-state index contributed by atoms with van der Waals surface area (Å²) >= 11 is 0. The van der Waals surface area contributed by atoms with Gasteiger partial charge in [-0.2, -0.15) is 0 Å². The van der Waals surface area contributed by atoms with E-state index in [1.807, 2.05) is 0 Å². The number of carbonyl (C=O) groups is 2. The highest BCUT2D eigenvalue weighted by Gasteiger charge is 2.48. The number of methoxy groups -OCH3 is 1. The fraction of sp³-hybridized carbons (Fsp3) is 0.789. The highest BCUT2D eigenvalue weighted by molar-refractivity contribution is 5.89. The quantitative estimate of drug-likeness (QED) is 0.786. The summed E-state index contributed by atoms with van der Waals surface area (Å²) in [6.07, 6.45) is 8.36. The molecule has 6 nitrogen and oxygen atoms in total. The Bertz CT molecular complexity index is 526. The molecule has 4 atom stereocenters. The molecule has 2 saturated carbocycles. The third-order valence-corrected chi connectivity index (χ3v) is 6.00. The smallest absolute Gasteiger partial charge is 0.410 e. The van der Waals surface area contributed by atoms with Crippen LogP contribution in [0.25, 0.3) is 0 Å². The zero-order valence-electron chi connectivity index (χ0n) is 15.2. The number of nitrogens with one attached hydrogen (secondary N) is 1. The normalized spacial score (nSPS) is 32.2. The van der Waals surface area contributed by atoms with Crippen molar-refractivity contribution < 1.29 is 23.8 Å². The zero-order chi connectivity index (χ0) is 17.8. The minimum Gasteiger partial charge on any atom is -0.466 e. The van der Waals surface area contributed by atoms with Gasteiger partial charge in [0.15, 0.2) is 0 Å². The molecule has 2 aliphatic carbocycles. The van der Waals surface area contributed by atoms with Crippen LogP contribution in [0.3, 0.4) is 0 Å². The van der Waals surface area contributed by atoms with Crippen LogP contribution in [0.5, 0.6) is 0 Å². The number of fused-ring (bicyclic) bond motifs is 1. The molecule has 0 saturated heterocycles. The largest absolute Gasteiger partial charge is 0.466 e. The molecule has 0 bridgehead atoms. The zero-order valence-corrected chi connectivity index (χ0v) is 15.2.